The number of carboxylic acids is 1. The molecular weight excluding hydrogens is 410 g/mol. The van der Waals surface area contributed by atoms with Gasteiger partial charge in [-0.3, -0.25) is 4.99 Å². The lowest BCUT2D eigenvalue weighted by Crippen LogP contribution is -2.03. The normalized spacial score (nSPS) is 10.7. The van der Waals surface area contributed by atoms with Gasteiger partial charge in [0.05, 0.1) is 30.5 Å². The number of benzene rings is 3. The van der Waals surface area contributed by atoms with Crippen LogP contribution in [0.25, 0.3) is 0 Å². The summed E-state index contributed by atoms with van der Waals surface area (Å²) in [5, 5.41) is 8.97. The highest BCUT2D eigenvalue weighted by Crippen LogP contribution is 2.28. The molecule has 0 radical (unpaired) electrons. The molecular formula is C25H23NO6. The maximum absolute atomic E-state index is 11.9. The van der Waals surface area contributed by atoms with Gasteiger partial charge in [-0.1, -0.05) is 18.2 Å². The molecule has 7 nitrogen and oxygen atoms in total. The third kappa shape index (κ3) is 5.95. The van der Waals surface area contributed by atoms with Crippen molar-refractivity contribution >= 4 is 23.8 Å². The van der Waals surface area contributed by atoms with Crippen molar-refractivity contribution in [2.45, 2.75) is 13.5 Å². The second-order valence-electron chi connectivity index (χ2n) is 6.73. The molecule has 1 N–H and O–H groups in total. The van der Waals surface area contributed by atoms with Crippen molar-refractivity contribution in [1.82, 2.24) is 0 Å². The van der Waals surface area contributed by atoms with Gasteiger partial charge >= 0.3 is 11.9 Å². The molecule has 0 unspecified atom stereocenters. The van der Waals surface area contributed by atoms with Crippen LogP contribution in [-0.4, -0.2) is 37.0 Å². The molecule has 0 spiro atoms. The van der Waals surface area contributed by atoms with Gasteiger partial charge in [-0.2, -0.15) is 0 Å². The topological polar surface area (TPSA) is 94.4 Å². The molecule has 0 aliphatic heterocycles. The smallest absolute Gasteiger partial charge is 0.338 e. The number of carboxylic acid groups (broad SMARTS) is 1. The standard InChI is InChI=1S/C25H23NO6/c1-3-31-25(29)20-5-4-6-21(14-20)26-15-18-9-12-22(23(13-18)30-2)32-16-17-7-10-19(11-8-17)24(27)28/h4-15H,3,16H2,1-2H3,(H,27,28). The third-order valence-corrected chi connectivity index (χ3v) is 4.50. The molecule has 0 aliphatic rings. The summed E-state index contributed by atoms with van der Waals surface area (Å²) < 4.78 is 16.3. The summed E-state index contributed by atoms with van der Waals surface area (Å²) >= 11 is 0. The van der Waals surface area contributed by atoms with Crippen molar-refractivity contribution in [3.05, 3.63) is 89.0 Å². The quantitative estimate of drug-likeness (QED) is 0.381. The first-order valence-electron chi connectivity index (χ1n) is 9.94. The molecule has 3 aromatic rings. The molecule has 0 aromatic heterocycles. The Labute approximate surface area is 185 Å². The van der Waals surface area contributed by atoms with Gasteiger partial charge in [-0.05, 0) is 66.6 Å². The van der Waals surface area contributed by atoms with Gasteiger partial charge in [0.2, 0.25) is 0 Å². The lowest BCUT2D eigenvalue weighted by atomic mass is 10.1. The minimum absolute atomic E-state index is 0.225. The summed E-state index contributed by atoms with van der Waals surface area (Å²) in [5.41, 5.74) is 2.92. The van der Waals surface area contributed by atoms with E-state index in [9.17, 15) is 9.59 Å². The summed E-state index contributed by atoms with van der Waals surface area (Å²) in [5.74, 6) is -0.262. The van der Waals surface area contributed by atoms with Crippen LogP contribution in [0.3, 0.4) is 0 Å². The zero-order valence-electron chi connectivity index (χ0n) is 17.8. The fourth-order valence-corrected chi connectivity index (χ4v) is 2.87. The summed E-state index contributed by atoms with van der Waals surface area (Å²) in [4.78, 5) is 27.2. The van der Waals surface area contributed by atoms with Crippen LogP contribution < -0.4 is 9.47 Å². The second-order valence-corrected chi connectivity index (χ2v) is 6.73. The Bertz CT molecular complexity index is 1120. The highest BCUT2D eigenvalue weighted by Gasteiger charge is 2.08. The van der Waals surface area contributed by atoms with E-state index in [1.807, 2.05) is 6.07 Å². The minimum Gasteiger partial charge on any atom is -0.493 e. The number of hydrogen-bond donors (Lipinski definition) is 1. The SMILES string of the molecule is CCOC(=O)c1cccc(N=Cc2ccc(OCc3ccc(C(=O)O)cc3)c(OC)c2)c1. The highest BCUT2D eigenvalue weighted by molar-refractivity contribution is 5.91. The van der Waals surface area contributed by atoms with Crippen LogP contribution in [0, 0.1) is 0 Å². The summed E-state index contributed by atoms with van der Waals surface area (Å²) in [6, 6.07) is 18.8. The van der Waals surface area contributed by atoms with Crippen molar-refractivity contribution in [1.29, 1.82) is 0 Å². The summed E-state index contributed by atoms with van der Waals surface area (Å²) in [6.45, 7) is 2.34. The molecule has 164 valence electrons. The number of ether oxygens (including phenoxy) is 3. The van der Waals surface area contributed by atoms with Gasteiger partial charge in [0.25, 0.3) is 0 Å². The van der Waals surface area contributed by atoms with E-state index in [0.717, 1.165) is 11.1 Å². The van der Waals surface area contributed by atoms with Crippen LogP contribution in [0.2, 0.25) is 0 Å². The molecule has 3 rings (SSSR count). The maximum Gasteiger partial charge on any atom is 0.338 e. The first-order valence-corrected chi connectivity index (χ1v) is 9.94. The first-order chi connectivity index (χ1) is 15.5. The Kier molecular flexibility index (Phi) is 7.59. The fraction of sp³-hybridized carbons (Fsp3) is 0.160. The third-order valence-electron chi connectivity index (χ3n) is 4.50. The van der Waals surface area contributed by atoms with E-state index in [4.69, 9.17) is 19.3 Å². The van der Waals surface area contributed by atoms with Crippen molar-refractivity contribution in [2.75, 3.05) is 13.7 Å². The maximum atomic E-state index is 11.9. The molecule has 0 heterocycles. The van der Waals surface area contributed by atoms with Crippen LogP contribution in [0.4, 0.5) is 5.69 Å². The largest absolute Gasteiger partial charge is 0.493 e. The Balaban J connectivity index is 1.69. The Morgan fingerprint density at radius 3 is 2.44 bits per heavy atom. The van der Waals surface area contributed by atoms with Gasteiger partial charge in [0.1, 0.15) is 6.61 Å². The van der Waals surface area contributed by atoms with E-state index in [0.29, 0.717) is 29.4 Å². The zero-order valence-corrected chi connectivity index (χ0v) is 17.8. The lowest BCUT2D eigenvalue weighted by Gasteiger charge is -2.11. The van der Waals surface area contributed by atoms with Crippen molar-refractivity contribution < 1.29 is 28.9 Å². The van der Waals surface area contributed by atoms with Crippen molar-refractivity contribution in [3.8, 4) is 11.5 Å². The lowest BCUT2D eigenvalue weighted by molar-refractivity contribution is 0.0526. The van der Waals surface area contributed by atoms with Crippen LogP contribution in [-0.2, 0) is 11.3 Å². The van der Waals surface area contributed by atoms with E-state index in [2.05, 4.69) is 4.99 Å². The monoisotopic (exact) mass is 433 g/mol. The molecule has 0 fully saturated rings. The zero-order chi connectivity index (χ0) is 22.9. The number of aromatic carboxylic acids is 1. The van der Waals surface area contributed by atoms with Crippen molar-refractivity contribution in [2.24, 2.45) is 4.99 Å². The number of rotatable bonds is 9. The summed E-state index contributed by atoms with van der Waals surface area (Å²) in [6.07, 6.45) is 1.67. The van der Waals surface area contributed by atoms with Crippen LogP contribution in [0.5, 0.6) is 11.5 Å². The second kappa shape index (κ2) is 10.8. The van der Waals surface area contributed by atoms with E-state index < -0.39 is 5.97 Å². The van der Waals surface area contributed by atoms with Crippen LogP contribution >= 0.6 is 0 Å². The molecule has 0 saturated heterocycles. The van der Waals surface area contributed by atoms with E-state index in [1.165, 1.54) is 12.1 Å². The average molecular weight is 433 g/mol. The first kappa shape index (κ1) is 22.6. The van der Waals surface area contributed by atoms with E-state index >= 15 is 0 Å². The number of hydrogen-bond acceptors (Lipinski definition) is 6. The van der Waals surface area contributed by atoms with Crippen LogP contribution in [0.1, 0.15) is 38.8 Å². The number of carbonyl (C=O) groups excluding carboxylic acids is 1. The van der Waals surface area contributed by atoms with Gasteiger partial charge in [-0.15, -0.1) is 0 Å². The van der Waals surface area contributed by atoms with Gasteiger partial charge in [0, 0.05) is 6.21 Å². The Hall–Kier alpha value is -4.13. The van der Waals surface area contributed by atoms with E-state index in [-0.39, 0.29) is 18.1 Å². The van der Waals surface area contributed by atoms with Gasteiger partial charge < -0.3 is 19.3 Å². The Morgan fingerprint density at radius 2 is 1.75 bits per heavy atom. The predicted octanol–water partition coefficient (Wildman–Crippen LogP) is 4.90. The van der Waals surface area contributed by atoms with Crippen molar-refractivity contribution in [3.63, 3.8) is 0 Å². The number of methoxy groups -OCH3 is 1. The highest BCUT2D eigenvalue weighted by atomic mass is 16.5. The molecule has 0 saturated carbocycles. The van der Waals surface area contributed by atoms with E-state index in [1.54, 1.807) is 68.8 Å². The predicted molar refractivity (Wildman–Crippen MR) is 120 cm³/mol. The molecule has 0 atom stereocenters. The number of carbonyl (C=O) groups is 2. The van der Waals surface area contributed by atoms with Gasteiger partial charge in [0.15, 0.2) is 11.5 Å². The number of esters is 1. The van der Waals surface area contributed by atoms with Crippen LogP contribution in [0.15, 0.2) is 71.7 Å². The fourth-order valence-electron chi connectivity index (χ4n) is 2.87. The minimum atomic E-state index is -0.969. The molecule has 32 heavy (non-hydrogen) atoms. The number of nitrogens with zero attached hydrogens (tertiary/aromatic N) is 1. The molecule has 0 amide bonds. The Morgan fingerprint density at radius 1 is 0.969 bits per heavy atom. The summed E-state index contributed by atoms with van der Waals surface area (Å²) in [7, 11) is 1.55. The van der Waals surface area contributed by atoms with Gasteiger partial charge in [-0.25, -0.2) is 9.59 Å². The average Bonchev–Trinajstić information content (AvgIpc) is 2.82. The number of aliphatic imine (C=N–C) groups is 1. The molecule has 0 aliphatic carbocycles. The molecule has 7 heteroatoms. The molecule has 0 bridgehead atoms. The molecule has 3 aromatic carbocycles.